The van der Waals surface area contributed by atoms with E-state index in [0.717, 1.165) is 22.5 Å². The van der Waals surface area contributed by atoms with Gasteiger partial charge in [0.1, 0.15) is 0 Å². The van der Waals surface area contributed by atoms with Gasteiger partial charge in [-0.15, -0.1) is 0 Å². The molecule has 1 amide bonds. The van der Waals surface area contributed by atoms with Gasteiger partial charge >= 0.3 is 0 Å². The Balaban J connectivity index is 1.69. The van der Waals surface area contributed by atoms with E-state index >= 15 is 0 Å². The van der Waals surface area contributed by atoms with Crippen LogP contribution in [0.4, 0.5) is 23.0 Å². The fraction of sp³-hybridized carbons (Fsp3) is 0.190. The van der Waals surface area contributed by atoms with Gasteiger partial charge in [-0.2, -0.15) is 0 Å². The normalized spacial score (nSPS) is 10.5. The van der Waals surface area contributed by atoms with Gasteiger partial charge in [0.05, 0.1) is 16.3 Å². The Morgan fingerprint density at radius 3 is 2.25 bits per heavy atom. The topological polar surface area (TPSA) is 70.2 Å². The molecule has 144 valence electrons. The minimum Gasteiger partial charge on any atom is -0.378 e. The zero-order valence-corrected chi connectivity index (χ0v) is 17.0. The highest BCUT2D eigenvalue weighted by atomic mass is 35.5. The molecule has 0 aliphatic heterocycles. The molecule has 3 aromatic rings. The summed E-state index contributed by atoms with van der Waals surface area (Å²) in [6.45, 7) is 3.86. The Labute approximate surface area is 169 Å². The standard InChI is InChI=1S/C21H22ClN5O/c1-13-9-14(2)19(18(22)10-13)26-20(28)15-11-23-21(24-12-15)25-16-5-7-17(8-6-16)27(3)4/h5-12H,1-4H3,(H,26,28)(H,23,24,25). The lowest BCUT2D eigenvalue weighted by Gasteiger charge is -2.13. The van der Waals surface area contributed by atoms with E-state index in [9.17, 15) is 4.79 Å². The zero-order chi connectivity index (χ0) is 20.3. The van der Waals surface area contributed by atoms with Gasteiger partial charge in [-0.05, 0) is 55.3 Å². The molecule has 0 aliphatic rings. The number of anilines is 4. The van der Waals surface area contributed by atoms with E-state index in [4.69, 9.17) is 11.6 Å². The molecule has 7 heteroatoms. The SMILES string of the molecule is Cc1cc(C)c(NC(=O)c2cnc(Nc3ccc(N(C)C)cc3)nc2)c(Cl)c1. The number of rotatable bonds is 5. The van der Waals surface area contributed by atoms with Crippen molar-refractivity contribution in [2.24, 2.45) is 0 Å². The van der Waals surface area contributed by atoms with Crippen LogP contribution in [0, 0.1) is 13.8 Å². The fourth-order valence-electron chi connectivity index (χ4n) is 2.74. The van der Waals surface area contributed by atoms with Crippen LogP contribution in [-0.4, -0.2) is 30.0 Å². The molecule has 28 heavy (non-hydrogen) atoms. The molecular formula is C21H22ClN5O. The molecule has 0 radical (unpaired) electrons. The average molecular weight is 396 g/mol. The summed E-state index contributed by atoms with van der Waals surface area (Å²) >= 11 is 6.25. The van der Waals surface area contributed by atoms with Crippen molar-refractivity contribution in [3.63, 3.8) is 0 Å². The Kier molecular flexibility index (Phi) is 5.80. The molecular weight excluding hydrogens is 374 g/mol. The first-order valence-electron chi connectivity index (χ1n) is 8.78. The molecule has 0 atom stereocenters. The summed E-state index contributed by atoms with van der Waals surface area (Å²) < 4.78 is 0. The third-order valence-corrected chi connectivity index (χ3v) is 4.52. The first-order chi connectivity index (χ1) is 13.3. The Morgan fingerprint density at radius 1 is 1.04 bits per heavy atom. The van der Waals surface area contributed by atoms with Crippen LogP contribution in [0.5, 0.6) is 0 Å². The average Bonchev–Trinajstić information content (AvgIpc) is 2.65. The molecule has 0 bridgehead atoms. The van der Waals surface area contributed by atoms with Crippen LogP contribution in [-0.2, 0) is 0 Å². The van der Waals surface area contributed by atoms with E-state index < -0.39 is 0 Å². The largest absolute Gasteiger partial charge is 0.378 e. The third-order valence-electron chi connectivity index (χ3n) is 4.22. The summed E-state index contributed by atoms with van der Waals surface area (Å²) in [5, 5.41) is 6.45. The van der Waals surface area contributed by atoms with Gasteiger partial charge in [-0.1, -0.05) is 17.7 Å². The van der Waals surface area contributed by atoms with Gasteiger partial charge in [0, 0.05) is 37.9 Å². The number of hydrogen-bond acceptors (Lipinski definition) is 5. The Hall–Kier alpha value is -3.12. The van der Waals surface area contributed by atoms with E-state index in [1.165, 1.54) is 12.4 Å². The van der Waals surface area contributed by atoms with E-state index in [1.54, 1.807) is 0 Å². The Bertz CT molecular complexity index is 962. The maximum atomic E-state index is 12.5. The van der Waals surface area contributed by atoms with Crippen LogP contribution in [0.3, 0.4) is 0 Å². The molecule has 0 aliphatic carbocycles. The highest BCUT2D eigenvalue weighted by molar-refractivity contribution is 6.34. The first kappa shape index (κ1) is 19.6. The lowest BCUT2D eigenvalue weighted by Crippen LogP contribution is -2.14. The van der Waals surface area contributed by atoms with Crippen LogP contribution in [0.25, 0.3) is 0 Å². The molecule has 2 N–H and O–H groups in total. The second-order valence-electron chi connectivity index (χ2n) is 6.75. The highest BCUT2D eigenvalue weighted by Gasteiger charge is 2.12. The molecule has 6 nitrogen and oxygen atoms in total. The van der Waals surface area contributed by atoms with Gasteiger partial charge in [0.25, 0.3) is 5.91 Å². The quantitative estimate of drug-likeness (QED) is 0.648. The predicted octanol–water partition coefficient (Wildman–Crippen LogP) is 4.81. The number of carbonyl (C=O) groups excluding carboxylic acids is 1. The van der Waals surface area contributed by atoms with Gasteiger partial charge in [-0.3, -0.25) is 4.79 Å². The third kappa shape index (κ3) is 4.58. The highest BCUT2D eigenvalue weighted by Crippen LogP contribution is 2.27. The molecule has 0 unspecified atom stereocenters. The lowest BCUT2D eigenvalue weighted by molar-refractivity contribution is 0.102. The molecule has 0 fully saturated rings. The maximum Gasteiger partial charge on any atom is 0.258 e. The number of aryl methyl sites for hydroxylation is 2. The monoisotopic (exact) mass is 395 g/mol. The summed E-state index contributed by atoms with van der Waals surface area (Å²) in [5.41, 5.74) is 4.86. The Morgan fingerprint density at radius 2 is 1.68 bits per heavy atom. The van der Waals surface area contributed by atoms with Gasteiger partial charge in [-0.25, -0.2) is 9.97 Å². The zero-order valence-electron chi connectivity index (χ0n) is 16.2. The summed E-state index contributed by atoms with van der Waals surface area (Å²) in [6, 6.07) is 11.7. The van der Waals surface area contributed by atoms with Crippen molar-refractivity contribution >= 4 is 40.5 Å². The van der Waals surface area contributed by atoms with Gasteiger partial charge < -0.3 is 15.5 Å². The van der Waals surface area contributed by atoms with E-state index in [1.807, 2.05) is 69.2 Å². The van der Waals surface area contributed by atoms with Crippen molar-refractivity contribution in [3.8, 4) is 0 Å². The summed E-state index contributed by atoms with van der Waals surface area (Å²) in [7, 11) is 3.97. The summed E-state index contributed by atoms with van der Waals surface area (Å²) in [5.74, 6) is 0.106. The first-order valence-corrected chi connectivity index (χ1v) is 9.16. The summed E-state index contributed by atoms with van der Waals surface area (Å²) in [4.78, 5) is 23.0. The molecule has 1 aromatic heterocycles. The second-order valence-corrected chi connectivity index (χ2v) is 7.16. The lowest BCUT2D eigenvalue weighted by atomic mass is 10.1. The molecule has 2 aromatic carbocycles. The van der Waals surface area contributed by atoms with Crippen LogP contribution in [0.1, 0.15) is 21.5 Å². The smallest absolute Gasteiger partial charge is 0.258 e. The molecule has 3 rings (SSSR count). The van der Waals surface area contributed by atoms with Crippen LogP contribution in [0.2, 0.25) is 5.02 Å². The number of halogens is 1. The van der Waals surface area contributed by atoms with Crippen molar-refractivity contribution in [1.82, 2.24) is 9.97 Å². The number of benzene rings is 2. The van der Waals surface area contributed by atoms with E-state index in [0.29, 0.717) is 22.2 Å². The van der Waals surface area contributed by atoms with Crippen molar-refractivity contribution < 1.29 is 4.79 Å². The minimum absolute atomic E-state index is 0.310. The van der Waals surface area contributed by atoms with Crippen LogP contribution >= 0.6 is 11.6 Å². The van der Waals surface area contributed by atoms with E-state index in [2.05, 4.69) is 20.6 Å². The van der Waals surface area contributed by atoms with Gasteiger partial charge in [0.2, 0.25) is 5.95 Å². The number of carbonyl (C=O) groups is 1. The predicted molar refractivity (Wildman–Crippen MR) is 115 cm³/mol. The number of aromatic nitrogens is 2. The van der Waals surface area contributed by atoms with Crippen molar-refractivity contribution in [2.75, 3.05) is 29.6 Å². The van der Waals surface area contributed by atoms with Crippen molar-refractivity contribution in [1.29, 1.82) is 0 Å². The van der Waals surface area contributed by atoms with E-state index in [-0.39, 0.29) is 5.91 Å². The number of nitrogens with zero attached hydrogens (tertiary/aromatic N) is 3. The number of nitrogens with one attached hydrogen (secondary N) is 2. The summed E-state index contributed by atoms with van der Waals surface area (Å²) in [6.07, 6.45) is 2.96. The van der Waals surface area contributed by atoms with Crippen LogP contribution < -0.4 is 15.5 Å². The fourth-order valence-corrected chi connectivity index (χ4v) is 3.11. The minimum atomic E-state index is -0.310. The van der Waals surface area contributed by atoms with Crippen LogP contribution in [0.15, 0.2) is 48.8 Å². The van der Waals surface area contributed by atoms with Crippen molar-refractivity contribution in [3.05, 3.63) is 70.5 Å². The second kappa shape index (κ2) is 8.27. The number of hydrogen-bond donors (Lipinski definition) is 2. The molecule has 0 spiro atoms. The molecule has 1 heterocycles. The maximum absolute atomic E-state index is 12.5. The number of amides is 1. The molecule has 0 saturated carbocycles. The van der Waals surface area contributed by atoms with Crippen molar-refractivity contribution in [2.45, 2.75) is 13.8 Å². The molecule has 0 saturated heterocycles. The van der Waals surface area contributed by atoms with Gasteiger partial charge in [0.15, 0.2) is 0 Å².